The Labute approximate surface area is 119 Å². The number of unbranched alkanes of at least 4 members (excludes halogenated alkanes) is 1. The van der Waals surface area contributed by atoms with E-state index in [0.717, 1.165) is 36.2 Å². The van der Waals surface area contributed by atoms with Crippen LogP contribution in [0.25, 0.3) is 0 Å². The fourth-order valence-electron chi connectivity index (χ4n) is 3.23. The summed E-state index contributed by atoms with van der Waals surface area (Å²) in [4.78, 5) is 23.1. The van der Waals surface area contributed by atoms with Crippen LogP contribution in [-0.2, 0) is 0 Å². The normalized spacial score (nSPS) is 22.6. The molecule has 0 unspecified atom stereocenters. The lowest BCUT2D eigenvalue weighted by Crippen LogP contribution is -2.30. The van der Waals surface area contributed by atoms with Crippen LogP contribution >= 0.6 is 0 Å². The molecule has 0 radical (unpaired) electrons. The molecule has 0 amide bonds. The Morgan fingerprint density at radius 1 is 1.35 bits per heavy atom. The van der Waals surface area contributed by atoms with Gasteiger partial charge in [-0.05, 0) is 43.6 Å². The van der Waals surface area contributed by atoms with E-state index in [9.17, 15) is 9.59 Å². The minimum Gasteiger partial charge on any atom is -0.464 e. The minimum atomic E-state index is -1.20. The molecule has 1 aromatic rings. The number of hydrogen-bond donors (Lipinski definition) is 1. The number of pyridine rings is 1. The zero-order chi connectivity index (χ0) is 14.5. The highest BCUT2D eigenvalue weighted by Crippen LogP contribution is 2.36. The van der Waals surface area contributed by atoms with E-state index in [1.807, 2.05) is 0 Å². The third-order valence-electron chi connectivity index (χ3n) is 4.44. The predicted octanol–water partition coefficient (Wildman–Crippen LogP) is 3.84. The lowest BCUT2D eigenvalue weighted by atomic mass is 9.77. The van der Waals surface area contributed by atoms with Crippen LogP contribution < -0.4 is 5.56 Å². The van der Waals surface area contributed by atoms with E-state index < -0.39 is 6.09 Å². The van der Waals surface area contributed by atoms with Crippen LogP contribution in [0, 0.1) is 5.92 Å². The molecule has 1 aromatic heterocycles. The van der Waals surface area contributed by atoms with Crippen molar-refractivity contribution >= 4 is 6.09 Å². The SMILES string of the molecule is CCCCC1CCC(c2cccn(C(=O)O)c2=O)CC1. The van der Waals surface area contributed by atoms with Crippen molar-refractivity contribution in [2.24, 2.45) is 5.92 Å². The van der Waals surface area contributed by atoms with E-state index in [2.05, 4.69) is 6.92 Å². The van der Waals surface area contributed by atoms with Gasteiger partial charge in [0.15, 0.2) is 0 Å². The molecular weight excluding hydrogens is 254 g/mol. The number of carbonyl (C=O) groups is 1. The molecule has 20 heavy (non-hydrogen) atoms. The maximum Gasteiger partial charge on any atom is 0.418 e. The average Bonchev–Trinajstić information content (AvgIpc) is 2.46. The van der Waals surface area contributed by atoms with Gasteiger partial charge in [0.2, 0.25) is 0 Å². The molecule has 1 aliphatic rings. The van der Waals surface area contributed by atoms with Crippen LogP contribution in [0.3, 0.4) is 0 Å². The van der Waals surface area contributed by atoms with Gasteiger partial charge < -0.3 is 5.11 Å². The van der Waals surface area contributed by atoms with E-state index in [4.69, 9.17) is 5.11 Å². The molecule has 0 aliphatic heterocycles. The Morgan fingerprint density at radius 2 is 2.05 bits per heavy atom. The van der Waals surface area contributed by atoms with Gasteiger partial charge in [0.1, 0.15) is 0 Å². The predicted molar refractivity (Wildman–Crippen MR) is 78.3 cm³/mol. The first-order valence-corrected chi connectivity index (χ1v) is 7.58. The highest BCUT2D eigenvalue weighted by molar-refractivity contribution is 5.67. The fraction of sp³-hybridized carbons (Fsp3) is 0.625. The summed E-state index contributed by atoms with van der Waals surface area (Å²) in [5.74, 6) is 1.02. The smallest absolute Gasteiger partial charge is 0.418 e. The van der Waals surface area contributed by atoms with Gasteiger partial charge in [-0.1, -0.05) is 32.3 Å². The Hall–Kier alpha value is -1.58. The molecule has 0 aromatic carbocycles. The highest BCUT2D eigenvalue weighted by atomic mass is 16.4. The van der Waals surface area contributed by atoms with Crippen molar-refractivity contribution in [1.29, 1.82) is 0 Å². The van der Waals surface area contributed by atoms with Gasteiger partial charge in [0, 0.05) is 11.8 Å². The Morgan fingerprint density at radius 3 is 2.65 bits per heavy atom. The van der Waals surface area contributed by atoms with E-state index in [0.29, 0.717) is 5.56 Å². The molecule has 110 valence electrons. The molecule has 4 heteroatoms. The van der Waals surface area contributed by atoms with Crippen molar-refractivity contribution in [3.63, 3.8) is 0 Å². The molecule has 1 fully saturated rings. The summed E-state index contributed by atoms with van der Waals surface area (Å²) in [5.41, 5.74) is 0.306. The zero-order valence-corrected chi connectivity index (χ0v) is 12.0. The maximum absolute atomic E-state index is 12.1. The van der Waals surface area contributed by atoms with Crippen molar-refractivity contribution in [1.82, 2.24) is 4.57 Å². The van der Waals surface area contributed by atoms with Crippen LogP contribution in [0.4, 0.5) is 4.79 Å². The third-order valence-corrected chi connectivity index (χ3v) is 4.44. The molecular formula is C16H23NO3. The van der Waals surface area contributed by atoms with Gasteiger partial charge >= 0.3 is 6.09 Å². The lowest BCUT2D eigenvalue weighted by Gasteiger charge is -2.28. The van der Waals surface area contributed by atoms with Crippen molar-refractivity contribution in [2.45, 2.75) is 57.8 Å². The molecule has 2 rings (SSSR count). The molecule has 1 N–H and O–H groups in total. The lowest BCUT2D eigenvalue weighted by molar-refractivity contribution is 0.195. The van der Waals surface area contributed by atoms with Gasteiger partial charge in [0.25, 0.3) is 5.56 Å². The second-order valence-corrected chi connectivity index (χ2v) is 5.78. The van der Waals surface area contributed by atoms with Gasteiger partial charge in [-0.2, -0.15) is 0 Å². The topological polar surface area (TPSA) is 59.3 Å². The summed E-state index contributed by atoms with van der Waals surface area (Å²) in [6.07, 6.45) is 8.26. The number of rotatable bonds is 4. The largest absolute Gasteiger partial charge is 0.464 e. The molecule has 0 saturated heterocycles. The summed E-state index contributed by atoms with van der Waals surface area (Å²) < 4.78 is 0.790. The summed E-state index contributed by atoms with van der Waals surface area (Å²) in [5, 5.41) is 8.99. The third kappa shape index (κ3) is 3.30. The van der Waals surface area contributed by atoms with E-state index in [-0.39, 0.29) is 11.5 Å². The highest BCUT2D eigenvalue weighted by Gasteiger charge is 2.24. The summed E-state index contributed by atoms with van der Waals surface area (Å²) >= 11 is 0. The second-order valence-electron chi connectivity index (χ2n) is 5.78. The quantitative estimate of drug-likeness (QED) is 0.909. The Bertz CT molecular complexity index is 513. The summed E-state index contributed by atoms with van der Waals surface area (Å²) in [7, 11) is 0. The first kappa shape index (κ1) is 14.8. The summed E-state index contributed by atoms with van der Waals surface area (Å²) in [6.45, 7) is 2.21. The molecule has 0 spiro atoms. The number of hydrogen-bond acceptors (Lipinski definition) is 2. The summed E-state index contributed by atoms with van der Waals surface area (Å²) in [6, 6.07) is 3.45. The fourth-order valence-corrected chi connectivity index (χ4v) is 3.23. The van der Waals surface area contributed by atoms with E-state index in [1.165, 1.54) is 25.5 Å². The van der Waals surface area contributed by atoms with Crippen LogP contribution in [-0.4, -0.2) is 15.8 Å². The molecule has 1 heterocycles. The van der Waals surface area contributed by atoms with Gasteiger partial charge in [-0.3, -0.25) is 4.79 Å². The van der Waals surface area contributed by atoms with Crippen LogP contribution in [0.5, 0.6) is 0 Å². The Balaban J connectivity index is 2.06. The Kier molecular flexibility index (Phi) is 4.99. The van der Waals surface area contributed by atoms with Crippen LogP contribution in [0.2, 0.25) is 0 Å². The van der Waals surface area contributed by atoms with Gasteiger partial charge in [0.05, 0.1) is 0 Å². The zero-order valence-electron chi connectivity index (χ0n) is 12.0. The monoisotopic (exact) mass is 277 g/mol. The molecule has 1 saturated carbocycles. The number of nitrogens with zero attached hydrogens (tertiary/aromatic N) is 1. The average molecular weight is 277 g/mol. The minimum absolute atomic E-state index is 0.229. The number of aromatic nitrogens is 1. The molecule has 4 nitrogen and oxygen atoms in total. The number of carboxylic acid groups (broad SMARTS) is 1. The van der Waals surface area contributed by atoms with Crippen LogP contribution in [0.1, 0.15) is 63.4 Å². The maximum atomic E-state index is 12.1. The first-order valence-electron chi connectivity index (χ1n) is 7.58. The van der Waals surface area contributed by atoms with Crippen molar-refractivity contribution in [2.75, 3.05) is 0 Å². The molecule has 0 bridgehead atoms. The van der Waals surface area contributed by atoms with E-state index in [1.54, 1.807) is 12.1 Å². The van der Waals surface area contributed by atoms with Crippen molar-refractivity contribution in [3.8, 4) is 0 Å². The standard InChI is InChI=1S/C16H23NO3/c1-2-3-5-12-7-9-13(10-8-12)14-6-4-11-17(15(14)18)16(19)20/h4,6,11-13H,2-3,5,7-10H2,1H3,(H,19,20). The van der Waals surface area contributed by atoms with Crippen molar-refractivity contribution in [3.05, 3.63) is 34.2 Å². The van der Waals surface area contributed by atoms with Crippen LogP contribution in [0.15, 0.2) is 23.1 Å². The molecule has 1 aliphatic carbocycles. The van der Waals surface area contributed by atoms with Gasteiger partial charge in [-0.15, -0.1) is 0 Å². The first-order chi connectivity index (χ1) is 9.63. The van der Waals surface area contributed by atoms with Crippen molar-refractivity contribution < 1.29 is 9.90 Å². The second kappa shape index (κ2) is 6.73. The van der Waals surface area contributed by atoms with E-state index >= 15 is 0 Å². The molecule has 0 atom stereocenters. The van der Waals surface area contributed by atoms with Gasteiger partial charge in [-0.25, -0.2) is 9.36 Å².